The van der Waals surface area contributed by atoms with Gasteiger partial charge in [-0.05, 0) is 30.2 Å². The molecule has 0 radical (unpaired) electrons. The van der Waals surface area contributed by atoms with Crippen LogP contribution in [0.5, 0.6) is 5.75 Å². The predicted octanol–water partition coefficient (Wildman–Crippen LogP) is 4.23. The molecule has 2 nitrogen and oxygen atoms in total. The third-order valence-corrected chi connectivity index (χ3v) is 3.07. The molecule has 0 aliphatic heterocycles. The van der Waals surface area contributed by atoms with Crippen molar-refractivity contribution in [1.29, 1.82) is 0 Å². The number of aryl methyl sites for hydroxylation is 1. The zero-order valence-corrected chi connectivity index (χ0v) is 12.3. The van der Waals surface area contributed by atoms with E-state index in [2.05, 4.69) is 16.1 Å². The highest BCUT2D eigenvalue weighted by atomic mass is 19.4. The molecule has 0 heterocycles. The first-order valence-electron chi connectivity index (χ1n) is 6.97. The van der Waals surface area contributed by atoms with Crippen molar-refractivity contribution in [2.45, 2.75) is 26.2 Å². The second kappa shape index (κ2) is 7.31. The summed E-state index contributed by atoms with van der Waals surface area (Å²) in [7, 11) is 0. The fraction of sp³-hybridized carbons (Fsp3) is 0.294. The van der Waals surface area contributed by atoms with Gasteiger partial charge >= 0.3 is 6.18 Å². The molecule has 118 valence electrons. The molecule has 0 unspecified atom stereocenters. The first-order chi connectivity index (χ1) is 10.4. The van der Waals surface area contributed by atoms with Gasteiger partial charge in [0.1, 0.15) is 5.75 Å². The van der Waals surface area contributed by atoms with Crippen molar-refractivity contribution in [1.82, 2.24) is 5.32 Å². The zero-order chi connectivity index (χ0) is 16.0. The van der Waals surface area contributed by atoms with Crippen molar-refractivity contribution in [3.63, 3.8) is 0 Å². The molecule has 5 heteroatoms. The maximum atomic E-state index is 12.0. The lowest BCUT2D eigenvalue weighted by molar-refractivity contribution is -0.153. The van der Waals surface area contributed by atoms with Crippen molar-refractivity contribution >= 4 is 0 Å². The van der Waals surface area contributed by atoms with Gasteiger partial charge in [0.15, 0.2) is 6.61 Å². The molecule has 2 aromatic rings. The minimum atomic E-state index is -4.31. The molecule has 2 aromatic carbocycles. The summed E-state index contributed by atoms with van der Waals surface area (Å²) >= 11 is 0. The lowest BCUT2D eigenvalue weighted by Gasteiger charge is -2.10. The van der Waals surface area contributed by atoms with Gasteiger partial charge in [0.25, 0.3) is 0 Å². The van der Waals surface area contributed by atoms with Crippen molar-refractivity contribution in [2.75, 3.05) is 6.61 Å². The molecule has 0 fully saturated rings. The summed E-state index contributed by atoms with van der Waals surface area (Å²) < 4.78 is 40.8. The highest BCUT2D eigenvalue weighted by Gasteiger charge is 2.28. The summed E-state index contributed by atoms with van der Waals surface area (Å²) in [5.41, 5.74) is 3.41. The van der Waals surface area contributed by atoms with Crippen LogP contribution in [0.3, 0.4) is 0 Å². The van der Waals surface area contributed by atoms with Gasteiger partial charge in [-0.3, -0.25) is 0 Å². The summed E-state index contributed by atoms with van der Waals surface area (Å²) in [4.78, 5) is 0. The topological polar surface area (TPSA) is 21.3 Å². The maximum Gasteiger partial charge on any atom is 0.422 e. The van der Waals surface area contributed by atoms with Crippen LogP contribution in [-0.4, -0.2) is 12.8 Å². The van der Waals surface area contributed by atoms with Crippen LogP contribution in [0.2, 0.25) is 0 Å². The molecule has 22 heavy (non-hydrogen) atoms. The van der Waals surface area contributed by atoms with Crippen LogP contribution in [0.4, 0.5) is 13.2 Å². The Morgan fingerprint density at radius 2 is 1.64 bits per heavy atom. The lowest BCUT2D eigenvalue weighted by Crippen LogP contribution is -2.19. The summed E-state index contributed by atoms with van der Waals surface area (Å²) in [6.45, 7) is 2.17. The van der Waals surface area contributed by atoms with Crippen LogP contribution in [0.25, 0.3) is 0 Å². The van der Waals surface area contributed by atoms with Gasteiger partial charge < -0.3 is 10.1 Å². The molecule has 0 saturated heterocycles. The summed E-state index contributed by atoms with van der Waals surface area (Å²) in [6.07, 6.45) is -4.31. The first kappa shape index (κ1) is 16.4. The van der Waals surface area contributed by atoms with E-state index >= 15 is 0 Å². The van der Waals surface area contributed by atoms with Crippen molar-refractivity contribution in [3.8, 4) is 5.75 Å². The quantitative estimate of drug-likeness (QED) is 0.862. The second-order valence-corrected chi connectivity index (χ2v) is 5.14. The third-order valence-electron chi connectivity index (χ3n) is 3.07. The minimum absolute atomic E-state index is 0.222. The number of benzene rings is 2. The number of hydrogen-bond acceptors (Lipinski definition) is 2. The summed E-state index contributed by atoms with van der Waals surface area (Å²) in [5.74, 6) is 0.222. The first-order valence-corrected chi connectivity index (χ1v) is 6.97. The molecular formula is C17H18F3NO. The molecule has 0 amide bonds. The number of hydrogen-bond donors (Lipinski definition) is 1. The highest BCUT2D eigenvalue weighted by Crippen LogP contribution is 2.18. The van der Waals surface area contributed by atoms with Crippen LogP contribution in [-0.2, 0) is 13.1 Å². The standard InChI is InChI=1S/C17H18F3NO/c1-13-3-2-4-15(9-13)11-21-10-14-5-7-16(8-6-14)22-12-17(18,19)20/h2-9,21H,10-12H2,1H3. The Morgan fingerprint density at radius 3 is 2.27 bits per heavy atom. The highest BCUT2D eigenvalue weighted by molar-refractivity contribution is 5.27. The number of ether oxygens (including phenoxy) is 1. The third kappa shape index (κ3) is 5.77. The normalized spacial score (nSPS) is 11.5. The Morgan fingerprint density at radius 1 is 0.955 bits per heavy atom. The van der Waals surface area contributed by atoms with Gasteiger partial charge in [0.05, 0.1) is 0 Å². The van der Waals surface area contributed by atoms with Crippen molar-refractivity contribution < 1.29 is 17.9 Å². The van der Waals surface area contributed by atoms with E-state index in [4.69, 9.17) is 0 Å². The Kier molecular flexibility index (Phi) is 5.44. The molecule has 0 bridgehead atoms. The van der Waals surface area contributed by atoms with E-state index in [-0.39, 0.29) is 5.75 Å². The molecular weight excluding hydrogens is 291 g/mol. The number of nitrogens with one attached hydrogen (secondary N) is 1. The summed E-state index contributed by atoms with van der Waals surface area (Å²) in [6, 6.07) is 14.8. The van der Waals surface area contributed by atoms with Gasteiger partial charge in [-0.15, -0.1) is 0 Å². The number of rotatable bonds is 6. The van der Waals surface area contributed by atoms with Crippen LogP contribution in [0.1, 0.15) is 16.7 Å². The van der Waals surface area contributed by atoms with E-state index in [9.17, 15) is 13.2 Å². The maximum absolute atomic E-state index is 12.0. The van der Waals surface area contributed by atoms with Crippen molar-refractivity contribution in [2.24, 2.45) is 0 Å². The van der Waals surface area contributed by atoms with E-state index in [0.29, 0.717) is 6.54 Å². The van der Waals surface area contributed by atoms with E-state index in [0.717, 1.165) is 12.1 Å². The Balaban J connectivity index is 1.79. The van der Waals surface area contributed by atoms with E-state index in [1.165, 1.54) is 11.1 Å². The smallest absolute Gasteiger partial charge is 0.422 e. The zero-order valence-electron chi connectivity index (χ0n) is 12.3. The van der Waals surface area contributed by atoms with Crippen LogP contribution in [0, 0.1) is 6.92 Å². The van der Waals surface area contributed by atoms with Gasteiger partial charge in [0, 0.05) is 13.1 Å². The van der Waals surface area contributed by atoms with Crippen molar-refractivity contribution in [3.05, 3.63) is 65.2 Å². The Labute approximate surface area is 127 Å². The largest absolute Gasteiger partial charge is 0.484 e. The fourth-order valence-electron chi connectivity index (χ4n) is 2.04. The van der Waals surface area contributed by atoms with Crippen LogP contribution in [0.15, 0.2) is 48.5 Å². The Bertz CT molecular complexity index is 594. The van der Waals surface area contributed by atoms with E-state index in [1.54, 1.807) is 24.3 Å². The van der Waals surface area contributed by atoms with Gasteiger partial charge in [-0.25, -0.2) is 0 Å². The number of halogens is 3. The average molecular weight is 309 g/mol. The molecule has 0 aromatic heterocycles. The lowest BCUT2D eigenvalue weighted by atomic mass is 10.1. The molecule has 1 N–H and O–H groups in total. The summed E-state index contributed by atoms with van der Waals surface area (Å²) in [5, 5.41) is 3.30. The molecule has 2 rings (SSSR count). The average Bonchev–Trinajstić information content (AvgIpc) is 2.46. The van der Waals surface area contributed by atoms with Gasteiger partial charge in [-0.2, -0.15) is 13.2 Å². The van der Waals surface area contributed by atoms with E-state index < -0.39 is 12.8 Å². The van der Waals surface area contributed by atoms with E-state index in [1.807, 2.05) is 25.1 Å². The second-order valence-electron chi connectivity index (χ2n) is 5.14. The van der Waals surface area contributed by atoms with Crippen LogP contribution < -0.4 is 10.1 Å². The predicted molar refractivity (Wildman–Crippen MR) is 79.7 cm³/mol. The molecule has 0 aliphatic carbocycles. The molecule has 0 saturated carbocycles. The van der Waals surface area contributed by atoms with Gasteiger partial charge in [0.2, 0.25) is 0 Å². The number of alkyl halides is 3. The minimum Gasteiger partial charge on any atom is -0.484 e. The molecule has 0 spiro atoms. The van der Waals surface area contributed by atoms with Gasteiger partial charge in [-0.1, -0.05) is 42.0 Å². The fourth-order valence-corrected chi connectivity index (χ4v) is 2.04. The van der Waals surface area contributed by atoms with Crippen LogP contribution >= 0.6 is 0 Å². The Hall–Kier alpha value is -2.01. The molecule has 0 aliphatic rings. The monoisotopic (exact) mass is 309 g/mol. The SMILES string of the molecule is Cc1cccc(CNCc2ccc(OCC(F)(F)F)cc2)c1. The molecule has 0 atom stereocenters.